The zero-order valence-electron chi connectivity index (χ0n) is 15.7. The fourth-order valence-electron chi connectivity index (χ4n) is 3.76. The minimum Gasteiger partial charge on any atom is -0.486 e. The van der Waals surface area contributed by atoms with Crippen molar-refractivity contribution in [2.45, 2.75) is 23.8 Å². The van der Waals surface area contributed by atoms with Crippen LogP contribution >= 0.6 is 11.6 Å². The van der Waals surface area contributed by atoms with Crippen molar-refractivity contribution in [3.63, 3.8) is 0 Å². The molecule has 0 spiro atoms. The van der Waals surface area contributed by atoms with Crippen LogP contribution in [-0.4, -0.2) is 46.2 Å². The number of sulfonamides is 1. The van der Waals surface area contributed by atoms with E-state index in [-0.39, 0.29) is 11.4 Å². The number of hydrogen-bond donors (Lipinski definition) is 1. The third-order valence-electron chi connectivity index (χ3n) is 5.21. The lowest BCUT2D eigenvalue weighted by molar-refractivity contribution is 0.171. The van der Waals surface area contributed by atoms with Gasteiger partial charge in [0.25, 0.3) is 0 Å². The van der Waals surface area contributed by atoms with E-state index in [0.717, 1.165) is 25.9 Å². The molecule has 0 aliphatic carbocycles. The summed E-state index contributed by atoms with van der Waals surface area (Å²) in [5.41, 5.74) is 0.320. The Bertz CT molecular complexity index is 976. The van der Waals surface area contributed by atoms with E-state index >= 15 is 0 Å². The molecule has 1 atom stereocenters. The quantitative estimate of drug-likeness (QED) is 0.746. The van der Waals surface area contributed by atoms with Crippen molar-refractivity contribution in [2.24, 2.45) is 0 Å². The molecule has 9 heteroatoms. The minimum atomic E-state index is -3.83. The Hall–Kier alpha value is -1.87. The van der Waals surface area contributed by atoms with Crippen LogP contribution in [0.1, 0.15) is 24.4 Å². The monoisotopic (exact) mass is 440 g/mol. The molecule has 0 saturated carbocycles. The molecular weight excluding hydrogens is 419 g/mol. The van der Waals surface area contributed by atoms with Crippen LogP contribution in [-0.2, 0) is 10.0 Å². The smallest absolute Gasteiger partial charge is 0.240 e. The van der Waals surface area contributed by atoms with Gasteiger partial charge in [0.15, 0.2) is 11.5 Å². The number of ether oxygens (including phenoxy) is 2. The van der Waals surface area contributed by atoms with E-state index in [1.165, 1.54) is 18.2 Å². The number of nitrogens with one attached hydrogen (secondary N) is 1. The molecule has 1 N–H and O–H groups in total. The van der Waals surface area contributed by atoms with E-state index in [1.807, 2.05) is 0 Å². The van der Waals surface area contributed by atoms with Gasteiger partial charge in [0, 0.05) is 23.2 Å². The van der Waals surface area contributed by atoms with Crippen molar-refractivity contribution in [1.82, 2.24) is 9.62 Å². The number of likely N-dealkylation sites (tertiary alicyclic amines) is 1. The van der Waals surface area contributed by atoms with Crippen LogP contribution in [0.15, 0.2) is 41.3 Å². The van der Waals surface area contributed by atoms with Crippen molar-refractivity contribution < 1.29 is 22.3 Å². The highest BCUT2D eigenvalue weighted by atomic mass is 35.5. The van der Waals surface area contributed by atoms with Crippen molar-refractivity contribution in [2.75, 3.05) is 32.8 Å². The van der Waals surface area contributed by atoms with Gasteiger partial charge < -0.3 is 9.47 Å². The number of hydrogen-bond acceptors (Lipinski definition) is 5. The average Bonchev–Trinajstić information content (AvgIpc) is 3.24. The van der Waals surface area contributed by atoms with E-state index in [0.29, 0.717) is 35.3 Å². The van der Waals surface area contributed by atoms with E-state index in [1.54, 1.807) is 18.2 Å². The van der Waals surface area contributed by atoms with E-state index in [4.69, 9.17) is 21.1 Å². The molecule has 2 heterocycles. The Kier molecular flexibility index (Phi) is 5.96. The number of rotatable bonds is 6. The van der Waals surface area contributed by atoms with Gasteiger partial charge in [-0.1, -0.05) is 17.7 Å². The molecule has 6 nitrogen and oxygen atoms in total. The lowest BCUT2D eigenvalue weighted by Gasteiger charge is -2.29. The second-order valence-electron chi connectivity index (χ2n) is 7.05. The molecule has 0 radical (unpaired) electrons. The molecule has 2 aromatic rings. The summed E-state index contributed by atoms with van der Waals surface area (Å²) >= 11 is 6.27. The van der Waals surface area contributed by atoms with Crippen LogP contribution in [0.5, 0.6) is 11.5 Å². The molecule has 1 fully saturated rings. The molecule has 29 heavy (non-hydrogen) atoms. The van der Waals surface area contributed by atoms with Crippen LogP contribution in [0.2, 0.25) is 5.02 Å². The molecule has 1 saturated heterocycles. The predicted octanol–water partition coefficient (Wildman–Crippen LogP) is 3.37. The number of halogens is 2. The summed E-state index contributed by atoms with van der Waals surface area (Å²) < 4.78 is 53.9. The van der Waals surface area contributed by atoms with Crippen molar-refractivity contribution in [1.29, 1.82) is 0 Å². The fraction of sp³-hybridized carbons (Fsp3) is 0.400. The highest BCUT2D eigenvalue weighted by Gasteiger charge is 2.29. The molecule has 0 amide bonds. The minimum absolute atomic E-state index is 0.0113. The van der Waals surface area contributed by atoms with Gasteiger partial charge >= 0.3 is 0 Å². The summed E-state index contributed by atoms with van der Waals surface area (Å²) in [4.78, 5) is 2.14. The Morgan fingerprint density at radius 2 is 1.83 bits per heavy atom. The number of fused-ring (bicyclic) bond motifs is 1. The zero-order valence-corrected chi connectivity index (χ0v) is 17.3. The van der Waals surface area contributed by atoms with Crippen LogP contribution in [0.25, 0.3) is 0 Å². The SMILES string of the molecule is O=S(=O)(NCC(c1c(F)cccc1Cl)N1CCCC1)c1ccc2c(c1)OCCO2. The molecule has 1 unspecified atom stereocenters. The van der Waals surface area contributed by atoms with E-state index in [9.17, 15) is 12.8 Å². The molecular formula is C20H22ClFN2O4S. The summed E-state index contributed by atoms with van der Waals surface area (Å²) in [6.45, 7) is 2.34. The molecule has 2 aliphatic rings. The van der Waals surface area contributed by atoms with Crippen LogP contribution in [0, 0.1) is 5.82 Å². The lowest BCUT2D eigenvalue weighted by atomic mass is 10.0. The fourth-order valence-corrected chi connectivity index (χ4v) is 5.10. The Morgan fingerprint density at radius 3 is 2.55 bits per heavy atom. The summed E-state index contributed by atoms with van der Waals surface area (Å²) in [7, 11) is -3.83. The van der Waals surface area contributed by atoms with Gasteiger partial charge in [-0.2, -0.15) is 0 Å². The first kappa shape index (κ1) is 20.4. The van der Waals surface area contributed by atoms with Gasteiger partial charge in [-0.15, -0.1) is 0 Å². The first-order chi connectivity index (χ1) is 14.0. The Morgan fingerprint density at radius 1 is 1.10 bits per heavy atom. The maximum atomic E-state index is 14.6. The van der Waals surface area contributed by atoms with Crippen molar-refractivity contribution in [3.05, 3.63) is 52.8 Å². The lowest BCUT2D eigenvalue weighted by Crippen LogP contribution is -2.37. The summed E-state index contributed by atoms with van der Waals surface area (Å²) in [5, 5.41) is 0.292. The third-order valence-corrected chi connectivity index (χ3v) is 6.96. The zero-order chi connectivity index (χ0) is 20.4. The molecule has 4 rings (SSSR count). The van der Waals surface area contributed by atoms with Crippen molar-refractivity contribution in [3.8, 4) is 11.5 Å². The van der Waals surface area contributed by atoms with Crippen LogP contribution in [0.4, 0.5) is 4.39 Å². The predicted molar refractivity (Wildman–Crippen MR) is 108 cm³/mol. The first-order valence-electron chi connectivity index (χ1n) is 9.53. The van der Waals surface area contributed by atoms with Gasteiger partial charge in [-0.05, 0) is 50.2 Å². The van der Waals surface area contributed by atoms with Crippen LogP contribution in [0.3, 0.4) is 0 Å². The maximum Gasteiger partial charge on any atom is 0.240 e. The molecule has 156 valence electrons. The molecule has 0 bridgehead atoms. The molecule has 2 aromatic carbocycles. The normalized spacial score (nSPS) is 18.0. The average molecular weight is 441 g/mol. The van der Waals surface area contributed by atoms with Gasteiger partial charge in [0.1, 0.15) is 19.0 Å². The Labute approximate surface area is 174 Å². The number of nitrogens with zero attached hydrogens (tertiary/aromatic N) is 1. The highest BCUT2D eigenvalue weighted by molar-refractivity contribution is 7.89. The van der Waals surface area contributed by atoms with Crippen LogP contribution < -0.4 is 14.2 Å². The topological polar surface area (TPSA) is 67.9 Å². The third kappa shape index (κ3) is 4.35. The second kappa shape index (κ2) is 8.47. The highest BCUT2D eigenvalue weighted by Crippen LogP contribution is 2.34. The molecule has 2 aliphatic heterocycles. The molecule has 0 aromatic heterocycles. The van der Waals surface area contributed by atoms with Gasteiger partial charge in [0.05, 0.1) is 10.9 Å². The van der Waals surface area contributed by atoms with Gasteiger partial charge in [0.2, 0.25) is 10.0 Å². The summed E-state index contributed by atoms with van der Waals surface area (Å²) in [6, 6.07) is 8.52. The Balaban J connectivity index is 1.58. The van der Waals surface area contributed by atoms with Gasteiger partial charge in [-0.25, -0.2) is 17.5 Å². The van der Waals surface area contributed by atoms with E-state index in [2.05, 4.69) is 9.62 Å². The summed E-state index contributed by atoms with van der Waals surface area (Å²) in [6.07, 6.45) is 1.97. The maximum absolute atomic E-state index is 14.6. The first-order valence-corrected chi connectivity index (χ1v) is 11.4. The van der Waals surface area contributed by atoms with E-state index < -0.39 is 21.9 Å². The van der Waals surface area contributed by atoms with Gasteiger partial charge in [-0.3, -0.25) is 4.90 Å². The number of benzene rings is 2. The van der Waals surface area contributed by atoms with Crippen molar-refractivity contribution >= 4 is 21.6 Å². The largest absolute Gasteiger partial charge is 0.486 e. The second-order valence-corrected chi connectivity index (χ2v) is 9.23. The summed E-state index contributed by atoms with van der Waals surface area (Å²) in [5.74, 6) is 0.476. The standard InChI is InChI=1S/C20H22ClFN2O4S/c21-15-4-3-5-16(22)20(15)17(24-8-1-2-9-24)13-23-29(25,26)14-6-7-18-19(12-14)28-11-10-27-18/h3-7,12,17,23H,1-2,8-11,13H2.